The van der Waals surface area contributed by atoms with Crippen LogP contribution in [0.4, 0.5) is 13.2 Å². The molecule has 1 unspecified atom stereocenters. The number of carbonyl (C=O) groups is 1. The molecule has 4 rings (SSSR count). The Morgan fingerprint density at radius 3 is 2.87 bits per heavy atom. The van der Waals surface area contributed by atoms with E-state index in [1.165, 1.54) is 0 Å². The summed E-state index contributed by atoms with van der Waals surface area (Å²) in [6.45, 7) is 0.900. The number of amides is 1. The molecule has 1 saturated heterocycles. The fourth-order valence-electron chi connectivity index (χ4n) is 3.77. The third-order valence-electron chi connectivity index (χ3n) is 5.29. The number of alkyl halides is 3. The van der Waals surface area contributed by atoms with Gasteiger partial charge in [-0.25, -0.2) is 4.98 Å². The lowest BCUT2D eigenvalue weighted by atomic mass is 9.88. The van der Waals surface area contributed by atoms with Gasteiger partial charge in [0.15, 0.2) is 0 Å². The van der Waals surface area contributed by atoms with E-state index >= 15 is 0 Å². The second-order valence-electron chi connectivity index (χ2n) is 7.47. The zero-order chi connectivity index (χ0) is 22.2. The second kappa shape index (κ2) is 8.17. The van der Waals surface area contributed by atoms with Crippen LogP contribution < -0.4 is 5.32 Å². The van der Waals surface area contributed by atoms with Gasteiger partial charge < -0.3 is 14.9 Å². The van der Waals surface area contributed by atoms with Crippen LogP contribution in [0.25, 0.3) is 22.2 Å². The van der Waals surface area contributed by atoms with E-state index in [-0.39, 0.29) is 19.5 Å². The summed E-state index contributed by atoms with van der Waals surface area (Å²) in [4.78, 5) is 19.6. The molecule has 1 aliphatic rings. The molecule has 0 radical (unpaired) electrons. The van der Waals surface area contributed by atoms with Crippen LogP contribution in [0.2, 0.25) is 0 Å². The van der Waals surface area contributed by atoms with E-state index in [1.807, 2.05) is 17.4 Å². The predicted octanol–water partition coefficient (Wildman–Crippen LogP) is 2.19. The van der Waals surface area contributed by atoms with E-state index in [0.29, 0.717) is 5.75 Å². The normalized spacial score (nSPS) is 17.5. The van der Waals surface area contributed by atoms with Crippen LogP contribution >= 0.6 is 0 Å². The van der Waals surface area contributed by atoms with Gasteiger partial charge in [0.1, 0.15) is 23.5 Å². The SMILES string of the molecule is CC[S+]([O-])N1CC(CC(=O)NCC(F)(F)F)(n2cc(-c3ccnc4[nH]ccc34)cn2)C1. The number of fused-ring (bicyclic) bond motifs is 1. The number of rotatable bonds is 7. The zero-order valence-electron chi connectivity index (χ0n) is 16.6. The number of hydrogen-bond donors (Lipinski definition) is 2. The Bertz CT molecular complexity index is 1080. The molecule has 0 saturated carbocycles. The van der Waals surface area contributed by atoms with Gasteiger partial charge in [0.2, 0.25) is 5.91 Å². The van der Waals surface area contributed by atoms with Crippen molar-refractivity contribution in [3.05, 3.63) is 36.9 Å². The van der Waals surface area contributed by atoms with Crippen LogP contribution in [0.5, 0.6) is 0 Å². The zero-order valence-corrected chi connectivity index (χ0v) is 17.5. The number of H-pyrrole nitrogens is 1. The van der Waals surface area contributed by atoms with Crippen LogP contribution in [0.1, 0.15) is 13.3 Å². The van der Waals surface area contributed by atoms with Gasteiger partial charge in [0.25, 0.3) is 0 Å². The minimum atomic E-state index is -4.49. The lowest BCUT2D eigenvalue weighted by Gasteiger charge is -2.48. The van der Waals surface area contributed by atoms with Crippen molar-refractivity contribution in [2.45, 2.75) is 25.1 Å². The Hall–Kier alpha value is -2.57. The fourth-order valence-corrected chi connectivity index (χ4v) is 4.90. The molecule has 2 N–H and O–H groups in total. The fraction of sp³-hybridized carbons (Fsp3) is 0.421. The van der Waals surface area contributed by atoms with E-state index in [2.05, 4.69) is 15.1 Å². The quantitative estimate of drug-likeness (QED) is 0.533. The van der Waals surface area contributed by atoms with Crippen molar-refractivity contribution >= 4 is 28.3 Å². The molecule has 31 heavy (non-hydrogen) atoms. The van der Waals surface area contributed by atoms with Crippen molar-refractivity contribution in [1.82, 2.24) is 29.4 Å². The molecule has 4 heterocycles. The maximum atomic E-state index is 12.5. The van der Waals surface area contributed by atoms with Gasteiger partial charge in [-0.3, -0.25) is 9.48 Å². The van der Waals surface area contributed by atoms with Crippen LogP contribution in [-0.4, -0.2) is 66.1 Å². The van der Waals surface area contributed by atoms with E-state index in [9.17, 15) is 22.5 Å². The summed E-state index contributed by atoms with van der Waals surface area (Å²) in [6.07, 6.45) is 2.18. The molecule has 0 spiro atoms. The number of aromatic nitrogens is 4. The number of nitrogens with zero attached hydrogens (tertiary/aromatic N) is 4. The van der Waals surface area contributed by atoms with E-state index in [0.717, 1.165) is 22.2 Å². The second-order valence-corrected chi connectivity index (χ2v) is 9.21. The van der Waals surface area contributed by atoms with Gasteiger partial charge in [-0.15, -0.1) is 4.31 Å². The Labute approximate surface area is 179 Å². The summed E-state index contributed by atoms with van der Waals surface area (Å²) in [7, 11) is 0. The molecule has 1 aliphatic heterocycles. The number of halogens is 3. The number of aromatic amines is 1. The molecule has 3 aromatic rings. The minimum absolute atomic E-state index is 0.197. The topological polar surface area (TPSA) is 102 Å². The van der Waals surface area contributed by atoms with Crippen molar-refractivity contribution in [2.24, 2.45) is 0 Å². The molecule has 0 aromatic carbocycles. The first-order valence-corrected chi connectivity index (χ1v) is 10.9. The third kappa shape index (κ3) is 4.41. The highest BCUT2D eigenvalue weighted by molar-refractivity contribution is 7.89. The first kappa shape index (κ1) is 21.7. The average Bonchev–Trinajstić information content (AvgIpc) is 3.37. The number of carbonyl (C=O) groups excluding carboxylic acids is 1. The summed E-state index contributed by atoms with van der Waals surface area (Å²) in [5, 5.41) is 7.24. The molecule has 8 nitrogen and oxygen atoms in total. The van der Waals surface area contributed by atoms with Gasteiger partial charge in [-0.1, -0.05) is 0 Å². The highest BCUT2D eigenvalue weighted by atomic mass is 32.2. The van der Waals surface area contributed by atoms with E-state index < -0.39 is 35.5 Å². The lowest BCUT2D eigenvalue weighted by Crippen LogP contribution is -2.65. The Morgan fingerprint density at radius 1 is 1.39 bits per heavy atom. The summed E-state index contributed by atoms with van der Waals surface area (Å²) >= 11 is -1.21. The maximum absolute atomic E-state index is 12.5. The first-order chi connectivity index (χ1) is 14.7. The van der Waals surface area contributed by atoms with Crippen LogP contribution in [0, 0.1) is 0 Å². The molecule has 1 amide bonds. The summed E-state index contributed by atoms with van der Waals surface area (Å²) in [5.41, 5.74) is 1.53. The van der Waals surface area contributed by atoms with Gasteiger partial charge in [0.05, 0.1) is 25.7 Å². The molecule has 0 aliphatic carbocycles. The largest absolute Gasteiger partial charge is 0.598 e. The van der Waals surface area contributed by atoms with Gasteiger partial charge in [-0.05, 0) is 24.6 Å². The number of pyridine rings is 1. The van der Waals surface area contributed by atoms with E-state index in [4.69, 9.17) is 0 Å². The van der Waals surface area contributed by atoms with Crippen LogP contribution in [0.3, 0.4) is 0 Å². The molecule has 0 bridgehead atoms. The number of nitrogens with one attached hydrogen (secondary N) is 2. The molecule has 3 aromatic heterocycles. The van der Waals surface area contributed by atoms with Crippen molar-refractivity contribution in [3.63, 3.8) is 0 Å². The Kier molecular flexibility index (Phi) is 5.71. The molecule has 1 atom stereocenters. The smallest absolute Gasteiger partial charge is 0.405 e. The van der Waals surface area contributed by atoms with E-state index in [1.54, 1.807) is 40.7 Å². The first-order valence-electron chi connectivity index (χ1n) is 9.65. The number of hydrogen-bond acceptors (Lipinski definition) is 5. The van der Waals surface area contributed by atoms with Gasteiger partial charge in [0, 0.05) is 40.9 Å². The van der Waals surface area contributed by atoms with Crippen LogP contribution in [0.15, 0.2) is 36.9 Å². The van der Waals surface area contributed by atoms with Gasteiger partial charge in [-0.2, -0.15) is 18.3 Å². The summed E-state index contributed by atoms with van der Waals surface area (Å²) < 4.78 is 52.9. The maximum Gasteiger partial charge on any atom is 0.405 e. The molecular weight excluding hydrogens is 433 g/mol. The Balaban J connectivity index is 1.59. The standard InChI is InChI=1S/C19H21F3N6O2S/c1-2-31(30)27-11-18(12-27,7-16(29)25-10-19(20,21)22)28-9-13(8-26-28)14-3-5-23-17-15(14)4-6-24-17/h3-6,8-9H,2,7,10-12H2,1H3,(H,23,24)(H,25,29). The van der Waals surface area contributed by atoms with Crippen molar-refractivity contribution < 1.29 is 22.5 Å². The highest BCUT2D eigenvalue weighted by Gasteiger charge is 2.52. The van der Waals surface area contributed by atoms with Crippen LogP contribution in [-0.2, 0) is 21.7 Å². The highest BCUT2D eigenvalue weighted by Crippen LogP contribution is 2.36. The molecule has 12 heteroatoms. The van der Waals surface area contributed by atoms with Gasteiger partial charge >= 0.3 is 6.18 Å². The molecule has 1 fully saturated rings. The summed E-state index contributed by atoms with van der Waals surface area (Å²) in [5.74, 6) is -0.309. The third-order valence-corrected chi connectivity index (χ3v) is 6.62. The average molecular weight is 454 g/mol. The molecular formula is C19H21F3N6O2S. The minimum Gasteiger partial charge on any atom is -0.598 e. The lowest BCUT2D eigenvalue weighted by molar-refractivity contribution is -0.140. The predicted molar refractivity (Wildman–Crippen MR) is 109 cm³/mol. The Morgan fingerprint density at radius 2 is 2.16 bits per heavy atom. The summed E-state index contributed by atoms with van der Waals surface area (Å²) in [6, 6.07) is 3.74. The van der Waals surface area contributed by atoms with Crippen molar-refractivity contribution in [1.29, 1.82) is 0 Å². The van der Waals surface area contributed by atoms with Crippen molar-refractivity contribution in [2.75, 3.05) is 25.4 Å². The van der Waals surface area contributed by atoms with Crippen molar-refractivity contribution in [3.8, 4) is 11.1 Å². The monoisotopic (exact) mass is 454 g/mol. The molecule has 166 valence electrons.